The average molecular weight is 465 g/mol. The van der Waals surface area contributed by atoms with Gasteiger partial charge >= 0.3 is 0 Å². The highest BCUT2D eigenvalue weighted by molar-refractivity contribution is 14.0. The summed E-state index contributed by atoms with van der Waals surface area (Å²) in [5, 5.41) is 16.4. The number of fused-ring (bicyclic) bond motifs is 1. The van der Waals surface area contributed by atoms with Crippen LogP contribution in [0.4, 0.5) is 0 Å². The van der Waals surface area contributed by atoms with Crippen LogP contribution in [0.2, 0.25) is 0 Å². The summed E-state index contributed by atoms with van der Waals surface area (Å²) in [5.41, 5.74) is 4.03. The highest BCUT2D eigenvalue weighted by atomic mass is 127. The van der Waals surface area contributed by atoms with Gasteiger partial charge in [-0.2, -0.15) is 0 Å². The van der Waals surface area contributed by atoms with E-state index in [0.29, 0.717) is 12.5 Å². The molecule has 0 radical (unpaired) electrons. The van der Waals surface area contributed by atoms with Crippen LogP contribution in [0.3, 0.4) is 0 Å². The fourth-order valence-electron chi connectivity index (χ4n) is 3.30. The van der Waals surface area contributed by atoms with Crippen molar-refractivity contribution in [2.24, 2.45) is 4.99 Å². The van der Waals surface area contributed by atoms with Crippen molar-refractivity contribution in [3.8, 4) is 0 Å². The van der Waals surface area contributed by atoms with E-state index in [9.17, 15) is 5.11 Å². The Kier molecular flexibility index (Phi) is 8.38. The summed E-state index contributed by atoms with van der Waals surface area (Å²) in [4.78, 5) is 4.68. The van der Waals surface area contributed by atoms with Crippen molar-refractivity contribution < 1.29 is 5.11 Å². The van der Waals surface area contributed by atoms with Crippen LogP contribution < -0.4 is 10.6 Å². The van der Waals surface area contributed by atoms with Crippen LogP contribution >= 0.6 is 24.0 Å². The number of hydrogen-bond donors (Lipinski definition) is 3. The minimum Gasteiger partial charge on any atom is -0.396 e. The van der Waals surface area contributed by atoms with Gasteiger partial charge in [0.15, 0.2) is 5.96 Å². The summed E-state index contributed by atoms with van der Waals surface area (Å²) in [6.07, 6.45) is 1.13. The molecule has 3 N–H and O–H groups in total. The minimum absolute atomic E-state index is 0. The van der Waals surface area contributed by atoms with E-state index in [0.717, 1.165) is 31.0 Å². The summed E-state index contributed by atoms with van der Waals surface area (Å²) >= 11 is 0. The molecule has 0 aromatic heterocycles. The molecule has 0 heterocycles. The van der Waals surface area contributed by atoms with E-state index in [1.165, 1.54) is 11.1 Å². The summed E-state index contributed by atoms with van der Waals surface area (Å²) in [5.74, 6) is 1.41. The number of nitrogens with zero attached hydrogens (tertiary/aromatic N) is 1. The molecule has 26 heavy (non-hydrogen) atoms. The fraction of sp³-hybridized carbons (Fsp3) is 0.381. The van der Waals surface area contributed by atoms with Gasteiger partial charge in [-0.1, -0.05) is 54.6 Å². The predicted molar refractivity (Wildman–Crippen MR) is 119 cm³/mol. The highest BCUT2D eigenvalue weighted by Gasteiger charge is 2.25. The summed E-state index contributed by atoms with van der Waals surface area (Å²) in [6, 6.07) is 18.7. The Labute approximate surface area is 173 Å². The Morgan fingerprint density at radius 1 is 1.12 bits per heavy atom. The van der Waals surface area contributed by atoms with Gasteiger partial charge in [0.1, 0.15) is 0 Å². The van der Waals surface area contributed by atoms with Gasteiger partial charge in [-0.25, -0.2) is 0 Å². The van der Waals surface area contributed by atoms with Crippen LogP contribution in [0, 0.1) is 0 Å². The Hall–Kier alpha value is -1.60. The van der Waals surface area contributed by atoms with E-state index >= 15 is 0 Å². The molecule has 140 valence electrons. The molecule has 0 fully saturated rings. The molecule has 2 atom stereocenters. The normalized spacial score (nSPS) is 16.7. The minimum atomic E-state index is 0. The zero-order chi connectivity index (χ0) is 17.5. The molecule has 2 unspecified atom stereocenters. The third-order valence-electron chi connectivity index (χ3n) is 4.78. The highest BCUT2D eigenvalue weighted by Crippen LogP contribution is 2.33. The van der Waals surface area contributed by atoms with Crippen LogP contribution in [-0.2, 0) is 6.42 Å². The van der Waals surface area contributed by atoms with E-state index in [1.54, 1.807) is 0 Å². The second-order valence-corrected chi connectivity index (χ2v) is 6.49. The second kappa shape index (κ2) is 10.5. The first kappa shape index (κ1) is 20.7. The molecule has 1 aliphatic rings. The van der Waals surface area contributed by atoms with E-state index in [1.807, 2.05) is 30.3 Å². The number of benzene rings is 2. The molecular weight excluding hydrogens is 437 g/mol. The summed E-state index contributed by atoms with van der Waals surface area (Å²) < 4.78 is 0. The fourth-order valence-corrected chi connectivity index (χ4v) is 3.30. The van der Waals surface area contributed by atoms with Crippen LogP contribution in [0.5, 0.6) is 0 Å². The van der Waals surface area contributed by atoms with Gasteiger partial charge in [-0.3, -0.25) is 4.99 Å². The quantitative estimate of drug-likeness (QED) is 0.334. The molecular formula is C21H28IN3O. The van der Waals surface area contributed by atoms with Crippen molar-refractivity contribution in [3.63, 3.8) is 0 Å². The lowest BCUT2D eigenvalue weighted by Crippen LogP contribution is -2.41. The van der Waals surface area contributed by atoms with Crippen molar-refractivity contribution in [1.82, 2.24) is 10.6 Å². The molecule has 1 aliphatic carbocycles. The number of halogens is 1. The number of aliphatic hydroxyl groups excluding tert-OH is 1. The molecule has 0 saturated heterocycles. The molecule has 0 bridgehead atoms. The van der Waals surface area contributed by atoms with Crippen LogP contribution in [-0.4, -0.2) is 37.3 Å². The lowest BCUT2D eigenvalue weighted by atomic mass is 9.78. The van der Waals surface area contributed by atoms with Crippen LogP contribution in [0.15, 0.2) is 59.6 Å². The third kappa shape index (κ3) is 5.20. The Morgan fingerprint density at radius 2 is 1.85 bits per heavy atom. The van der Waals surface area contributed by atoms with Gasteiger partial charge in [0.2, 0.25) is 0 Å². The molecule has 0 aliphatic heterocycles. The first-order chi connectivity index (χ1) is 12.3. The molecule has 5 heteroatoms. The summed E-state index contributed by atoms with van der Waals surface area (Å²) in [7, 11) is 0. The number of aliphatic hydroxyl groups is 1. The van der Waals surface area contributed by atoms with Gasteiger partial charge in [0, 0.05) is 24.9 Å². The van der Waals surface area contributed by atoms with Crippen LogP contribution in [0.25, 0.3) is 0 Å². The first-order valence-corrected chi connectivity index (χ1v) is 9.07. The molecule has 2 aromatic carbocycles. The first-order valence-electron chi connectivity index (χ1n) is 9.07. The number of aliphatic imine (C=N–C) groups is 1. The van der Waals surface area contributed by atoms with Crippen molar-refractivity contribution in [2.75, 3.05) is 26.2 Å². The molecule has 0 amide bonds. The number of rotatable bonds is 7. The largest absolute Gasteiger partial charge is 0.396 e. The van der Waals surface area contributed by atoms with E-state index < -0.39 is 0 Å². The van der Waals surface area contributed by atoms with Crippen molar-refractivity contribution in [3.05, 3.63) is 71.3 Å². The Morgan fingerprint density at radius 3 is 2.54 bits per heavy atom. The monoisotopic (exact) mass is 465 g/mol. The van der Waals surface area contributed by atoms with Gasteiger partial charge in [-0.05, 0) is 30.0 Å². The third-order valence-corrected chi connectivity index (χ3v) is 4.78. The predicted octanol–water partition coefficient (Wildman–Crippen LogP) is 3.28. The lowest BCUT2D eigenvalue weighted by molar-refractivity contribution is 0.268. The summed E-state index contributed by atoms with van der Waals surface area (Å²) in [6.45, 7) is 4.44. The zero-order valence-corrected chi connectivity index (χ0v) is 17.5. The van der Waals surface area contributed by atoms with Crippen molar-refractivity contribution >= 4 is 29.9 Å². The smallest absolute Gasteiger partial charge is 0.191 e. The number of nitrogens with one attached hydrogen (secondary N) is 2. The van der Waals surface area contributed by atoms with Gasteiger partial charge in [-0.15, -0.1) is 24.0 Å². The topological polar surface area (TPSA) is 56.7 Å². The SMILES string of the molecule is CCNC(=NCC(CO)c1ccccc1)NCC1Cc2ccccc21.I. The maximum Gasteiger partial charge on any atom is 0.191 e. The maximum atomic E-state index is 9.69. The Bertz CT molecular complexity index is 705. The second-order valence-electron chi connectivity index (χ2n) is 6.49. The molecule has 0 saturated carbocycles. The molecule has 2 aromatic rings. The molecule has 3 rings (SSSR count). The zero-order valence-electron chi connectivity index (χ0n) is 15.2. The number of guanidine groups is 1. The molecule has 4 nitrogen and oxygen atoms in total. The van der Waals surface area contributed by atoms with Gasteiger partial charge in [0.25, 0.3) is 0 Å². The standard InChI is InChI=1S/C21H27N3O.HI/c1-2-22-21(23-13-18-12-17-10-6-7-11-20(17)18)24-14-19(15-25)16-8-4-3-5-9-16;/h3-11,18-19,25H,2,12-15H2,1H3,(H2,22,23,24);1H. The molecule has 0 spiro atoms. The average Bonchev–Trinajstić information content (AvgIpc) is 2.63. The van der Waals surface area contributed by atoms with E-state index in [4.69, 9.17) is 0 Å². The van der Waals surface area contributed by atoms with Crippen molar-refractivity contribution in [1.29, 1.82) is 0 Å². The van der Waals surface area contributed by atoms with E-state index in [2.05, 4.69) is 46.8 Å². The van der Waals surface area contributed by atoms with Gasteiger partial charge in [0.05, 0.1) is 13.2 Å². The number of hydrogen-bond acceptors (Lipinski definition) is 2. The van der Waals surface area contributed by atoms with Crippen LogP contribution in [0.1, 0.15) is 35.4 Å². The lowest BCUT2D eigenvalue weighted by Gasteiger charge is -2.30. The Balaban J connectivity index is 0.00000243. The van der Waals surface area contributed by atoms with Crippen molar-refractivity contribution in [2.45, 2.75) is 25.2 Å². The maximum absolute atomic E-state index is 9.69. The van der Waals surface area contributed by atoms with E-state index in [-0.39, 0.29) is 36.5 Å². The van der Waals surface area contributed by atoms with Gasteiger partial charge < -0.3 is 15.7 Å².